The summed E-state index contributed by atoms with van der Waals surface area (Å²) in [5.41, 5.74) is 0.544. The second-order valence-electron chi connectivity index (χ2n) is 3.21. The first-order valence-electron chi connectivity index (χ1n) is 4.40. The van der Waals surface area contributed by atoms with E-state index in [4.69, 9.17) is 5.26 Å². The van der Waals surface area contributed by atoms with Gasteiger partial charge in [-0.2, -0.15) is 18.4 Å². The number of rotatable bonds is 1. The fourth-order valence-corrected chi connectivity index (χ4v) is 1.30. The Balaban J connectivity index is 2.34. The molecule has 6 heteroatoms. The van der Waals surface area contributed by atoms with E-state index in [1.807, 2.05) is 6.07 Å². The van der Waals surface area contributed by atoms with Gasteiger partial charge in [0.15, 0.2) is 11.5 Å². The lowest BCUT2D eigenvalue weighted by molar-refractivity contribution is -0.281. The second-order valence-corrected chi connectivity index (χ2v) is 3.21. The molecule has 0 radical (unpaired) electrons. The molecule has 0 aromatic heterocycles. The predicted molar refractivity (Wildman–Crippen MR) is 46.9 cm³/mol. The number of fused-ring (bicyclic) bond motifs is 1. The van der Waals surface area contributed by atoms with Crippen LogP contribution in [0.4, 0.5) is 13.2 Å². The Kier molecular flexibility index (Phi) is 2.38. The summed E-state index contributed by atoms with van der Waals surface area (Å²) in [4.78, 5) is 0. The zero-order valence-electron chi connectivity index (χ0n) is 7.91. The van der Waals surface area contributed by atoms with Crippen LogP contribution in [-0.4, -0.2) is 12.5 Å². The largest absolute Gasteiger partial charge is 0.468 e. The Morgan fingerprint density at radius 3 is 2.81 bits per heavy atom. The Morgan fingerprint density at radius 1 is 1.38 bits per heavy atom. The molecule has 0 saturated heterocycles. The minimum absolute atomic E-state index is 0.0873. The minimum Gasteiger partial charge on any atom is -0.447 e. The first kappa shape index (κ1) is 10.6. The molecule has 0 saturated carbocycles. The summed E-state index contributed by atoms with van der Waals surface area (Å²) in [5.74, 6) is -0.355. The molecule has 0 N–H and O–H groups in total. The van der Waals surface area contributed by atoms with Crippen molar-refractivity contribution in [1.29, 1.82) is 5.26 Å². The van der Waals surface area contributed by atoms with E-state index < -0.39 is 12.5 Å². The van der Waals surface area contributed by atoms with E-state index in [-0.39, 0.29) is 17.9 Å². The average Bonchev–Trinajstić information content (AvgIpc) is 2.20. The topological polar surface area (TPSA) is 42.2 Å². The number of benzene rings is 1. The van der Waals surface area contributed by atoms with Crippen LogP contribution < -0.4 is 9.47 Å². The van der Waals surface area contributed by atoms with Crippen molar-refractivity contribution in [1.82, 2.24) is 0 Å². The fraction of sp³-hybridized carbons (Fsp3) is 0.300. The van der Waals surface area contributed by atoms with Crippen LogP contribution in [0.15, 0.2) is 18.2 Å². The van der Waals surface area contributed by atoms with Crippen LogP contribution in [0.2, 0.25) is 0 Å². The highest BCUT2D eigenvalue weighted by atomic mass is 19.3. The smallest absolute Gasteiger partial charge is 0.447 e. The van der Waals surface area contributed by atoms with Crippen molar-refractivity contribution in [2.24, 2.45) is 0 Å². The first-order valence-corrected chi connectivity index (χ1v) is 4.40. The average molecular weight is 229 g/mol. The molecule has 1 aromatic carbocycles. The van der Waals surface area contributed by atoms with Gasteiger partial charge in [0.05, 0.1) is 12.5 Å². The van der Waals surface area contributed by atoms with Gasteiger partial charge in [-0.25, -0.2) is 0 Å². The Hall–Kier alpha value is -1.90. The van der Waals surface area contributed by atoms with Crippen molar-refractivity contribution in [2.75, 3.05) is 0 Å². The van der Waals surface area contributed by atoms with E-state index in [0.717, 1.165) is 0 Å². The number of nitrogens with zero attached hydrogens (tertiary/aromatic N) is 1. The van der Waals surface area contributed by atoms with E-state index in [2.05, 4.69) is 9.47 Å². The molecule has 0 aliphatic carbocycles. The monoisotopic (exact) mass is 229 g/mol. The van der Waals surface area contributed by atoms with Crippen molar-refractivity contribution in [3.8, 4) is 17.6 Å². The molecule has 0 amide bonds. The molecule has 16 heavy (non-hydrogen) atoms. The van der Waals surface area contributed by atoms with Gasteiger partial charge in [0, 0.05) is 0 Å². The Bertz CT molecular complexity index is 456. The number of halogens is 3. The highest BCUT2D eigenvalue weighted by Gasteiger charge is 2.49. The van der Waals surface area contributed by atoms with Crippen molar-refractivity contribution in [3.63, 3.8) is 0 Å². The van der Waals surface area contributed by atoms with Crippen LogP contribution in [0.25, 0.3) is 0 Å². The van der Waals surface area contributed by atoms with Gasteiger partial charge < -0.3 is 9.47 Å². The zero-order valence-corrected chi connectivity index (χ0v) is 7.91. The van der Waals surface area contributed by atoms with Gasteiger partial charge in [0.1, 0.15) is 0 Å². The number of alkyl halides is 3. The molecule has 1 heterocycles. The van der Waals surface area contributed by atoms with Crippen molar-refractivity contribution in [3.05, 3.63) is 23.8 Å². The Labute approximate surface area is 89.0 Å². The number of nitriles is 1. The molecular weight excluding hydrogens is 223 g/mol. The second kappa shape index (κ2) is 3.59. The SMILES string of the molecule is N#CCc1ccc2c(c1)OC(F)C(F)(F)O2. The quantitative estimate of drug-likeness (QED) is 0.742. The highest BCUT2D eigenvalue weighted by Crippen LogP contribution is 2.40. The van der Waals surface area contributed by atoms with E-state index in [1.54, 1.807) is 0 Å². The van der Waals surface area contributed by atoms with E-state index in [0.29, 0.717) is 5.56 Å². The molecule has 0 spiro atoms. The van der Waals surface area contributed by atoms with Crippen LogP contribution in [0.3, 0.4) is 0 Å². The third-order valence-corrected chi connectivity index (χ3v) is 2.03. The van der Waals surface area contributed by atoms with Crippen LogP contribution in [-0.2, 0) is 6.42 Å². The summed E-state index contributed by atoms with van der Waals surface area (Å²) in [6, 6.07) is 5.85. The lowest BCUT2D eigenvalue weighted by Gasteiger charge is -2.28. The molecule has 1 aromatic rings. The highest BCUT2D eigenvalue weighted by molar-refractivity contribution is 5.45. The summed E-state index contributed by atoms with van der Waals surface area (Å²) < 4.78 is 46.8. The molecule has 3 nitrogen and oxygen atoms in total. The van der Waals surface area contributed by atoms with Crippen molar-refractivity contribution >= 4 is 0 Å². The third-order valence-electron chi connectivity index (χ3n) is 2.03. The van der Waals surface area contributed by atoms with Crippen molar-refractivity contribution in [2.45, 2.75) is 18.9 Å². The van der Waals surface area contributed by atoms with Gasteiger partial charge in [-0.15, -0.1) is 0 Å². The number of hydrogen-bond donors (Lipinski definition) is 0. The number of ether oxygens (including phenoxy) is 2. The summed E-state index contributed by atoms with van der Waals surface area (Å²) in [6.07, 6.45) is -6.73. The maximum atomic E-state index is 12.8. The summed E-state index contributed by atoms with van der Waals surface area (Å²) >= 11 is 0. The molecule has 1 aliphatic rings. The minimum atomic E-state index is -3.98. The van der Waals surface area contributed by atoms with Gasteiger partial charge in [-0.05, 0) is 17.7 Å². The maximum Gasteiger partial charge on any atom is 0.468 e. The van der Waals surface area contributed by atoms with E-state index in [9.17, 15) is 13.2 Å². The molecule has 0 bridgehead atoms. The maximum absolute atomic E-state index is 12.8. The molecule has 1 unspecified atom stereocenters. The van der Waals surface area contributed by atoms with Crippen LogP contribution in [0, 0.1) is 11.3 Å². The van der Waals surface area contributed by atoms with Gasteiger partial charge in [-0.1, -0.05) is 6.07 Å². The first-order chi connectivity index (χ1) is 7.53. The third kappa shape index (κ3) is 1.76. The predicted octanol–water partition coefficient (Wildman–Crippen LogP) is 2.41. The van der Waals surface area contributed by atoms with Gasteiger partial charge >= 0.3 is 12.5 Å². The summed E-state index contributed by atoms with van der Waals surface area (Å²) in [6.45, 7) is 0. The van der Waals surface area contributed by atoms with Gasteiger partial charge in [0.25, 0.3) is 0 Å². The zero-order chi connectivity index (χ0) is 11.8. The molecule has 1 aliphatic heterocycles. The number of hydrogen-bond acceptors (Lipinski definition) is 3. The lowest BCUT2D eigenvalue weighted by atomic mass is 10.1. The molecule has 84 valence electrons. The van der Waals surface area contributed by atoms with Crippen LogP contribution in [0.1, 0.15) is 5.56 Å². The van der Waals surface area contributed by atoms with Gasteiger partial charge in [-0.3, -0.25) is 0 Å². The fourth-order valence-electron chi connectivity index (χ4n) is 1.30. The summed E-state index contributed by atoms with van der Waals surface area (Å²) in [7, 11) is 0. The normalized spacial score (nSPS) is 21.2. The van der Waals surface area contributed by atoms with Crippen LogP contribution in [0.5, 0.6) is 11.5 Å². The van der Waals surface area contributed by atoms with Crippen LogP contribution >= 0.6 is 0 Å². The Morgan fingerprint density at radius 2 is 2.12 bits per heavy atom. The van der Waals surface area contributed by atoms with Crippen molar-refractivity contribution < 1.29 is 22.6 Å². The molecule has 0 fully saturated rings. The molecule has 2 rings (SSSR count). The standard InChI is InChI=1S/C10H6F3NO2/c11-9-10(12,13)16-7-2-1-6(3-4-14)5-8(7)15-9/h1-2,5,9H,3H2. The van der Waals surface area contributed by atoms with E-state index in [1.165, 1.54) is 18.2 Å². The van der Waals surface area contributed by atoms with E-state index >= 15 is 0 Å². The van der Waals surface area contributed by atoms with Gasteiger partial charge in [0.2, 0.25) is 0 Å². The lowest BCUT2D eigenvalue weighted by Crippen LogP contribution is -2.43. The summed E-state index contributed by atoms with van der Waals surface area (Å²) in [5, 5.41) is 8.44. The molecule has 1 atom stereocenters. The molecular formula is C10H6F3NO2.